The summed E-state index contributed by atoms with van der Waals surface area (Å²) in [6, 6.07) is 22.5. The van der Waals surface area contributed by atoms with Crippen molar-refractivity contribution < 1.29 is 23.9 Å². The summed E-state index contributed by atoms with van der Waals surface area (Å²) in [6.45, 7) is 3.49. The van der Waals surface area contributed by atoms with Crippen molar-refractivity contribution in [2.45, 2.75) is 57.4 Å². The molecule has 3 atom stereocenters. The van der Waals surface area contributed by atoms with Gasteiger partial charge in [0, 0.05) is 17.5 Å². The van der Waals surface area contributed by atoms with E-state index in [1.54, 1.807) is 6.07 Å². The normalized spacial score (nSPS) is 22.5. The van der Waals surface area contributed by atoms with Gasteiger partial charge in [0.15, 0.2) is 6.61 Å². The Morgan fingerprint density at radius 1 is 0.805 bits per heavy atom. The fourth-order valence-corrected chi connectivity index (χ4v) is 7.13. The van der Waals surface area contributed by atoms with Gasteiger partial charge in [0.05, 0.1) is 11.8 Å². The number of para-hydroxylation sites is 1. The SMILES string of the molecule is CCCC[C@@H](C(=O)OCC(=O)Nc1ccccc1CC)N1C(=O)[C@@H]2C3c4ccccc4C(c4ccccc43)[C@@H]2C1=O. The van der Waals surface area contributed by atoms with Gasteiger partial charge in [-0.15, -0.1) is 0 Å². The molecular weight excluding hydrogens is 516 g/mol. The lowest BCUT2D eigenvalue weighted by Gasteiger charge is -2.45. The topological polar surface area (TPSA) is 92.8 Å². The highest BCUT2D eigenvalue weighted by atomic mass is 16.5. The molecule has 0 radical (unpaired) electrons. The van der Waals surface area contributed by atoms with Gasteiger partial charge >= 0.3 is 5.97 Å². The Morgan fingerprint density at radius 3 is 1.83 bits per heavy atom. The highest BCUT2D eigenvalue weighted by molar-refractivity contribution is 6.10. The fraction of sp³-hybridized carbons (Fsp3) is 0.353. The number of likely N-dealkylation sites (tertiary alicyclic amines) is 1. The van der Waals surface area contributed by atoms with Crippen LogP contribution >= 0.6 is 0 Å². The monoisotopic (exact) mass is 550 g/mol. The molecule has 3 aliphatic carbocycles. The molecule has 0 aromatic heterocycles. The Labute approximate surface area is 239 Å². The number of aryl methyl sites for hydroxylation is 1. The molecule has 3 amide bonds. The third-order valence-corrected chi connectivity index (χ3v) is 8.92. The Morgan fingerprint density at radius 2 is 1.32 bits per heavy atom. The number of anilines is 1. The second-order valence-electron chi connectivity index (χ2n) is 11.1. The lowest BCUT2D eigenvalue weighted by atomic mass is 9.55. The van der Waals surface area contributed by atoms with Gasteiger partial charge in [-0.3, -0.25) is 19.3 Å². The summed E-state index contributed by atoms with van der Waals surface area (Å²) in [6.07, 6.45) is 2.45. The van der Waals surface area contributed by atoms with E-state index in [0.29, 0.717) is 18.5 Å². The quantitative estimate of drug-likeness (QED) is 0.293. The number of carbonyl (C=O) groups excluding carboxylic acids is 4. The van der Waals surface area contributed by atoms with Crippen LogP contribution in [0.2, 0.25) is 0 Å². The van der Waals surface area contributed by atoms with E-state index in [1.165, 1.54) is 4.90 Å². The third kappa shape index (κ3) is 4.44. The van der Waals surface area contributed by atoms with Gasteiger partial charge in [0.2, 0.25) is 11.8 Å². The first kappa shape index (κ1) is 26.9. The first-order chi connectivity index (χ1) is 20.0. The molecule has 1 heterocycles. The van der Waals surface area contributed by atoms with Crippen LogP contribution in [0, 0.1) is 11.8 Å². The number of hydrogen-bond acceptors (Lipinski definition) is 5. The summed E-state index contributed by atoms with van der Waals surface area (Å²) >= 11 is 0. The van der Waals surface area contributed by atoms with Crippen LogP contribution in [0.3, 0.4) is 0 Å². The van der Waals surface area contributed by atoms with Crippen molar-refractivity contribution in [2.75, 3.05) is 11.9 Å². The summed E-state index contributed by atoms with van der Waals surface area (Å²) in [4.78, 5) is 55.6. The van der Waals surface area contributed by atoms with Gasteiger partial charge in [0.1, 0.15) is 6.04 Å². The second kappa shape index (κ2) is 11.0. The molecule has 210 valence electrons. The number of nitrogens with one attached hydrogen (secondary N) is 1. The predicted octanol–water partition coefficient (Wildman–Crippen LogP) is 5.18. The van der Waals surface area contributed by atoms with Crippen LogP contribution in [0.1, 0.15) is 72.8 Å². The predicted molar refractivity (Wildman–Crippen MR) is 154 cm³/mol. The van der Waals surface area contributed by atoms with Gasteiger partial charge in [-0.1, -0.05) is 93.4 Å². The van der Waals surface area contributed by atoms with Gasteiger partial charge in [0.25, 0.3) is 5.91 Å². The molecule has 1 aliphatic heterocycles. The lowest BCUT2D eigenvalue weighted by molar-refractivity contribution is -0.160. The van der Waals surface area contributed by atoms with Crippen molar-refractivity contribution >= 4 is 29.4 Å². The Balaban J connectivity index is 1.26. The summed E-state index contributed by atoms with van der Waals surface area (Å²) in [5, 5.41) is 2.80. The van der Waals surface area contributed by atoms with Crippen molar-refractivity contribution in [3.05, 3.63) is 101 Å². The van der Waals surface area contributed by atoms with E-state index in [1.807, 2.05) is 56.3 Å². The van der Waals surface area contributed by atoms with E-state index in [2.05, 4.69) is 29.6 Å². The highest BCUT2D eigenvalue weighted by Gasteiger charge is 2.63. The first-order valence-electron chi connectivity index (χ1n) is 14.5. The number of carbonyl (C=O) groups is 4. The molecule has 1 N–H and O–H groups in total. The highest BCUT2D eigenvalue weighted by Crippen LogP contribution is 2.61. The fourth-order valence-electron chi connectivity index (χ4n) is 7.13. The average Bonchev–Trinajstić information content (AvgIpc) is 3.26. The minimum Gasteiger partial charge on any atom is -0.454 e. The number of esters is 1. The van der Waals surface area contributed by atoms with Crippen molar-refractivity contribution in [1.82, 2.24) is 4.90 Å². The van der Waals surface area contributed by atoms with Crippen LogP contribution in [-0.2, 0) is 30.3 Å². The number of nitrogens with zero attached hydrogens (tertiary/aromatic N) is 1. The van der Waals surface area contributed by atoms with Crippen LogP contribution in [0.4, 0.5) is 5.69 Å². The number of benzene rings is 3. The zero-order chi connectivity index (χ0) is 28.7. The Hall–Kier alpha value is -4.26. The average molecular weight is 551 g/mol. The third-order valence-electron chi connectivity index (χ3n) is 8.92. The second-order valence-corrected chi connectivity index (χ2v) is 11.1. The number of hydrogen-bond donors (Lipinski definition) is 1. The minimum atomic E-state index is -1.07. The molecule has 3 aromatic rings. The minimum absolute atomic E-state index is 0.244. The van der Waals surface area contributed by atoms with Gasteiger partial charge < -0.3 is 10.1 Å². The van der Waals surface area contributed by atoms with Crippen LogP contribution in [0.15, 0.2) is 72.8 Å². The smallest absolute Gasteiger partial charge is 0.329 e. The summed E-state index contributed by atoms with van der Waals surface area (Å²) in [5.74, 6) is -3.45. The largest absolute Gasteiger partial charge is 0.454 e. The molecular formula is C34H34N2O5. The molecule has 0 saturated carbocycles. The maximum Gasteiger partial charge on any atom is 0.329 e. The molecule has 7 rings (SSSR count). The Bertz CT molecular complexity index is 1420. The van der Waals surface area contributed by atoms with Crippen molar-refractivity contribution in [3.8, 4) is 0 Å². The molecule has 0 unspecified atom stereocenters. The summed E-state index contributed by atoms with van der Waals surface area (Å²) in [5.41, 5.74) is 5.96. The number of rotatable bonds is 9. The molecule has 1 fully saturated rings. The van der Waals surface area contributed by atoms with Crippen molar-refractivity contribution in [1.29, 1.82) is 0 Å². The molecule has 1 saturated heterocycles. The van der Waals surface area contributed by atoms with E-state index in [9.17, 15) is 19.2 Å². The standard InChI is InChI=1S/C34H34N2O5/c1-3-5-18-26(34(40)41-19-27(37)35-25-17-11-6-12-20(25)4-2)36-32(38)30-28-21-13-7-8-14-22(21)29(31(30)33(36)39)24-16-10-9-15-23(24)28/h6-17,26,28-31H,3-5,18-19H2,1-2H3,(H,35,37)/t26-,28?,29?,30-,31+/m0/s1. The van der Waals surface area contributed by atoms with Crippen molar-refractivity contribution in [2.24, 2.45) is 11.8 Å². The van der Waals surface area contributed by atoms with Crippen LogP contribution < -0.4 is 5.32 Å². The molecule has 3 aromatic carbocycles. The van der Waals surface area contributed by atoms with E-state index < -0.39 is 36.4 Å². The number of unbranched alkanes of at least 4 members (excludes halogenated alkanes) is 1. The van der Waals surface area contributed by atoms with Crippen LogP contribution in [0.5, 0.6) is 0 Å². The number of ether oxygens (including phenoxy) is 1. The van der Waals surface area contributed by atoms with Gasteiger partial charge in [-0.05, 0) is 46.7 Å². The zero-order valence-electron chi connectivity index (χ0n) is 23.3. The van der Waals surface area contributed by atoms with Crippen molar-refractivity contribution in [3.63, 3.8) is 0 Å². The van der Waals surface area contributed by atoms with Gasteiger partial charge in [-0.25, -0.2) is 4.79 Å². The lowest BCUT2D eigenvalue weighted by Crippen LogP contribution is -2.47. The molecule has 4 aliphatic rings. The maximum atomic E-state index is 14.1. The number of imide groups is 1. The molecule has 0 spiro atoms. The number of amides is 3. The maximum absolute atomic E-state index is 14.1. The van der Waals surface area contributed by atoms with Gasteiger partial charge in [-0.2, -0.15) is 0 Å². The summed E-state index contributed by atoms with van der Waals surface area (Å²) < 4.78 is 5.47. The molecule has 7 heteroatoms. The Kier molecular flexibility index (Phi) is 7.20. The van der Waals surface area contributed by atoms with E-state index in [0.717, 1.165) is 40.7 Å². The molecule has 7 nitrogen and oxygen atoms in total. The van der Waals surface area contributed by atoms with E-state index in [4.69, 9.17) is 4.74 Å². The van der Waals surface area contributed by atoms with Crippen LogP contribution in [0.25, 0.3) is 0 Å². The first-order valence-corrected chi connectivity index (χ1v) is 14.5. The molecule has 41 heavy (non-hydrogen) atoms. The van der Waals surface area contributed by atoms with E-state index in [-0.39, 0.29) is 23.7 Å². The van der Waals surface area contributed by atoms with Crippen LogP contribution in [-0.4, -0.2) is 41.2 Å². The summed E-state index contributed by atoms with van der Waals surface area (Å²) in [7, 11) is 0. The van der Waals surface area contributed by atoms with E-state index >= 15 is 0 Å². The molecule has 2 bridgehead atoms. The zero-order valence-corrected chi connectivity index (χ0v) is 23.3.